The molecule has 8 heteroatoms. The summed E-state index contributed by atoms with van der Waals surface area (Å²) in [5.41, 5.74) is -3.96. The number of methoxy groups -OCH3 is 1. The van der Waals surface area contributed by atoms with Gasteiger partial charge in [-0.05, 0) is 0 Å². The SMILES string of the molecule is COc1c(C(F)(F)F)cc(=O)[nH]c1C(F)F. The minimum atomic E-state index is -4.93. The Balaban J connectivity index is 3.55. The Morgan fingerprint density at radius 2 is 1.94 bits per heavy atom. The summed E-state index contributed by atoms with van der Waals surface area (Å²) in [4.78, 5) is 12.4. The molecule has 0 atom stereocenters. The van der Waals surface area contributed by atoms with Crippen molar-refractivity contribution in [1.82, 2.24) is 4.98 Å². The number of hydrogen-bond acceptors (Lipinski definition) is 2. The maximum Gasteiger partial charge on any atom is 0.420 e. The number of aromatic amines is 1. The van der Waals surface area contributed by atoms with Gasteiger partial charge in [0.05, 0.1) is 7.11 Å². The molecule has 0 unspecified atom stereocenters. The minimum absolute atomic E-state index is 0.171. The van der Waals surface area contributed by atoms with E-state index in [1.54, 1.807) is 4.98 Å². The molecule has 0 spiro atoms. The third-order valence-corrected chi connectivity index (χ3v) is 1.75. The van der Waals surface area contributed by atoms with Gasteiger partial charge in [-0.15, -0.1) is 0 Å². The number of H-pyrrole nitrogens is 1. The van der Waals surface area contributed by atoms with Crippen LogP contribution in [0.25, 0.3) is 0 Å². The molecular weight excluding hydrogens is 237 g/mol. The molecule has 16 heavy (non-hydrogen) atoms. The number of halogens is 5. The van der Waals surface area contributed by atoms with Crippen LogP contribution in [0, 0.1) is 0 Å². The Labute approximate surface area is 85.8 Å². The molecule has 0 amide bonds. The third kappa shape index (κ3) is 2.31. The Bertz CT molecular complexity index is 437. The first-order valence-electron chi connectivity index (χ1n) is 3.94. The second-order valence-corrected chi connectivity index (χ2v) is 2.79. The van der Waals surface area contributed by atoms with Gasteiger partial charge >= 0.3 is 6.18 Å². The number of alkyl halides is 5. The van der Waals surface area contributed by atoms with E-state index in [1.165, 1.54) is 0 Å². The first-order valence-corrected chi connectivity index (χ1v) is 3.94. The lowest BCUT2D eigenvalue weighted by molar-refractivity contribution is -0.139. The Kier molecular flexibility index (Phi) is 3.20. The lowest BCUT2D eigenvalue weighted by atomic mass is 10.2. The van der Waals surface area contributed by atoms with Crippen LogP contribution in [0.5, 0.6) is 5.75 Å². The van der Waals surface area contributed by atoms with Crippen LogP contribution in [0.15, 0.2) is 10.9 Å². The van der Waals surface area contributed by atoms with Crippen molar-refractivity contribution in [2.24, 2.45) is 0 Å². The quantitative estimate of drug-likeness (QED) is 0.810. The van der Waals surface area contributed by atoms with Crippen molar-refractivity contribution >= 4 is 0 Å². The zero-order chi connectivity index (χ0) is 12.5. The summed E-state index contributed by atoms with van der Waals surface area (Å²) < 4.78 is 66.1. The van der Waals surface area contributed by atoms with Crippen molar-refractivity contribution < 1.29 is 26.7 Å². The topological polar surface area (TPSA) is 42.1 Å². The number of hydrogen-bond donors (Lipinski definition) is 1. The minimum Gasteiger partial charge on any atom is -0.494 e. The lowest BCUT2D eigenvalue weighted by Crippen LogP contribution is -2.18. The van der Waals surface area contributed by atoms with Gasteiger partial charge < -0.3 is 9.72 Å². The molecular formula is C8H6F5NO2. The average molecular weight is 243 g/mol. The summed E-state index contributed by atoms with van der Waals surface area (Å²) in [5.74, 6) is -1.07. The van der Waals surface area contributed by atoms with Crippen LogP contribution in [-0.4, -0.2) is 12.1 Å². The summed E-state index contributed by atoms with van der Waals surface area (Å²) in [6, 6.07) is 0.171. The molecule has 0 saturated heterocycles. The van der Waals surface area contributed by atoms with Gasteiger partial charge in [-0.1, -0.05) is 0 Å². The summed E-state index contributed by atoms with van der Waals surface area (Å²) >= 11 is 0. The van der Waals surface area contributed by atoms with Gasteiger partial charge in [0.25, 0.3) is 6.43 Å². The smallest absolute Gasteiger partial charge is 0.420 e. The lowest BCUT2D eigenvalue weighted by Gasteiger charge is -2.14. The molecule has 1 aromatic rings. The van der Waals surface area contributed by atoms with E-state index in [4.69, 9.17) is 0 Å². The van der Waals surface area contributed by atoms with Crippen molar-refractivity contribution in [2.45, 2.75) is 12.6 Å². The summed E-state index contributed by atoms with van der Waals surface area (Å²) in [5, 5.41) is 0. The van der Waals surface area contributed by atoms with Gasteiger partial charge in [0, 0.05) is 6.07 Å². The van der Waals surface area contributed by atoms with Gasteiger partial charge in [-0.3, -0.25) is 4.79 Å². The van der Waals surface area contributed by atoms with Crippen molar-refractivity contribution in [3.8, 4) is 5.75 Å². The molecule has 0 fully saturated rings. The fourth-order valence-electron chi connectivity index (χ4n) is 1.15. The second-order valence-electron chi connectivity index (χ2n) is 2.79. The third-order valence-electron chi connectivity index (χ3n) is 1.75. The molecule has 0 radical (unpaired) electrons. The predicted octanol–water partition coefficient (Wildman–Crippen LogP) is 2.34. The van der Waals surface area contributed by atoms with Gasteiger partial charge in [-0.2, -0.15) is 13.2 Å². The van der Waals surface area contributed by atoms with E-state index in [2.05, 4.69) is 4.74 Å². The number of nitrogens with one attached hydrogen (secondary N) is 1. The fourth-order valence-corrected chi connectivity index (χ4v) is 1.15. The van der Waals surface area contributed by atoms with Crippen LogP contribution >= 0.6 is 0 Å². The summed E-state index contributed by atoms with van der Waals surface area (Å²) in [6.07, 6.45) is -8.19. The number of aromatic nitrogens is 1. The highest BCUT2D eigenvalue weighted by molar-refractivity contribution is 5.39. The van der Waals surface area contributed by atoms with E-state index in [1.807, 2.05) is 0 Å². The van der Waals surface area contributed by atoms with Crippen molar-refractivity contribution in [2.75, 3.05) is 7.11 Å². The summed E-state index contributed by atoms with van der Waals surface area (Å²) in [6.45, 7) is 0. The van der Waals surface area contributed by atoms with E-state index in [0.29, 0.717) is 0 Å². The van der Waals surface area contributed by atoms with Crippen LogP contribution < -0.4 is 10.3 Å². The van der Waals surface area contributed by atoms with E-state index < -0.39 is 35.2 Å². The molecule has 0 aromatic carbocycles. The first kappa shape index (κ1) is 12.5. The van der Waals surface area contributed by atoms with Gasteiger partial charge in [0.15, 0.2) is 5.75 Å². The van der Waals surface area contributed by atoms with Gasteiger partial charge in [0.1, 0.15) is 11.3 Å². The maximum atomic E-state index is 12.4. The van der Waals surface area contributed by atoms with Crippen molar-refractivity contribution in [3.05, 3.63) is 27.7 Å². The summed E-state index contributed by atoms with van der Waals surface area (Å²) in [7, 11) is 0.814. The molecule has 90 valence electrons. The van der Waals surface area contributed by atoms with E-state index in [9.17, 15) is 26.7 Å². The normalized spacial score (nSPS) is 11.9. The van der Waals surface area contributed by atoms with E-state index in [0.717, 1.165) is 7.11 Å². The standard InChI is InChI=1S/C8H6F5NO2/c1-16-6-3(8(11,12)13)2-4(15)14-5(6)7(9)10/h2,7H,1H3,(H,14,15). The van der Waals surface area contributed by atoms with Crippen LogP contribution in [-0.2, 0) is 6.18 Å². The monoisotopic (exact) mass is 243 g/mol. The van der Waals surface area contributed by atoms with Crippen molar-refractivity contribution in [3.63, 3.8) is 0 Å². The molecule has 0 saturated carbocycles. The molecule has 1 rings (SSSR count). The maximum absolute atomic E-state index is 12.4. The molecule has 1 N–H and O–H groups in total. The highest BCUT2D eigenvalue weighted by atomic mass is 19.4. The number of rotatable bonds is 2. The second kappa shape index (κ2) is 4.11. The largest absolute Gasteiger partial charge is 0.494 e. The molecule has 3 nitrogen and oxygen atoms in total. The van der Waals surface area contributed by atoms with Gasteiger partial charge in [0.2, 0.25) is 5.56 Å². The number of ether oxygens (including phenoxy) is 1. The zero-order valence-corrected chi connectivity index (χ0v) is 7.86. The van der Waals surface area contributed by atoms with Gasteiger partial charge in [-0.25, -0.2) is 8.78 Å². The Hall–Kier alpha value is -1.60. The first-order chi connectivity index (χ1) is 7.27. The van der Waals surface area contributed by atoms with Crippen LogP contribution in [0.3, 0.4) is 0 Å². The number of pyridine rings is 1. The van der Waals surface area contributed by atoms with Crippen LogP contribution in [0.1, 0.15) is 17.7 Å². The van der Waals surface area contributed by atoms with Crippen LogP contribution in [0.2, 0.25) is 0 Å². The van der Waals surface area contributed by atoms with E-state index in [-0.39, 0.29) is 6.07 Å². The van der Waals surface area contributed by atoms with Crippen LogP contribution in [0.4, 0.5) is 22.0 Å². The van der Waals surface area contributed by atoms with E-state index >= 15 is 0 Å². The molecule has 0 bridgehead atoms. The molecule has 0 aliphatic heterocycles. The molecule has 1 aromatic heterocycles. The average Bonchev–Trinajstić information content (AvgIpc) is 2.14. The Morgan fingerprint density at radius 3 is 2.31 bits per heavy atom. The molecule has 0 aliphatic carbocycles. The Morgan fingerprint density at radius 1 is 1.38 bits per heavy atom. The predicted molar refractivity (Wildman–Crippen MR) is 43.6 cm³/mol. The molecule has 1 heterocycles. The van der Waals surface area contributed by atoms with Crippen molar-refractivity contribution in [1.29, 1.82) is 0 Å². The fraction of sp³-hybridized carbons (Fsp3) is 0.375. The zero-order valence-electron chi connectivity index (χ0n) is 7.86. The molecule has 0 aliphatic rings. The highest BCUT2D eigenvalue weighted by Crippen LogP contribution is 2.38. The highest BCUT2D eigenvalue weighted by Gasteiger charge is 2.37.